The number of fused-ring (bicyclic) bond motifs is 1. The van der Waals surface area contributed by atoms with E-state index in [1.807, 2.05) is 12.1 Å². The second-order valence-electron chi connectivity index (χ2n) is 7.33. The van der Waals surface area contributed by atoms with Crippen molar-refractivity contribution in [3.8, 4) is 11.5 Å². The first-order chi connectivity index (χ1) is 16.3. The second kappa shape index (κ2) is 9.34. The van der Waals surface area contributed by atoms with Gasteiger partial charge in [-0.15, -0.1) is 0 Å². The number of hydrogen-bond donors (Lipinski definition) is 2. The molecular weight excluding hydrogens is 449 g/mol. The van der Waals surface area contributed by atoms with Gasteiger partial charge in [0.05, 0.1) is 31.8 Å². The van der Waals surface area contributed by atoms with Gasteiger partial charge < -0.3 is 14.8 Å². The Morgan fingerprint density at radius 2 is 1.56 bits per heavy atom. The SMILES string of the molecule is COc1cccc(OC)c1NC(=O)Nc1nn(Cc2ccc(C(F)(F)F)cc2)c2ccccc12. The number of anilines is 2. The lowest BCUT2D eigenvalue weighted by Gasteiger charge is -2.14. The zero-order valence-electron chi connectivity index (χ0n) is 18.3. The highest BCUT2D eigenvalue weighted by molar-refractivity contribution is 6.05. The van der Waals surface area contributed by atoms with Crippen LogP contribution in [0.1, 0.15) is 11.1 Å². The Kier molecular flexibility index (Phi) is 6.31. The number of aromatic nitrogens is 2. The van der Waals surface area contributed by atoms with Gasteiger partial charge in [0.1, 0.15) is 17.2 Å². The van der Waals surface area contributed by atoms with Crippen molar-refractivity contribution < 1.29 is 27.4 Å². The number of rotatable bonds is 6. The normalized spacial score (nSPS) is 11.3. The van der Waals surface area contributed by atoms with Gasteiger partial charge in [-0.2, -0.15) is 18.3 Å². The molecule has 10 heteroatoms. The molecule has 0 atom stereocenters. The molecule has 0 aliphatic heterocycles. The van der Waals surface area contributed by atoms with Crippen LogP contribution in [-0.2, 0) is 12.7 Å². The fourth-order valence-corrected chi connectivity index (χ4v) is 3.54. The zero-order chi connectivity index (χ0) is 24.3. The van der Waals surface area contributed by atoms with Gasteiger partial charge in [-0.3, -0.25) is 10.00 Å². The zero-order valence-corrected chi connectivity index (χ0v) is 18.3. The number of para-hydroxylation sites is 2. The fourth-order valence-electron chi connectivity index (χ4n) is 3.54. The predicted octanol–water partition coefficient (Wildman–Crippen LogP) is 5.76. The van der Waals surface area contributed by atoms with Crippen LogP contribution in [0.4, 0.5) is 29.5 Å². The minimum atomic E-state index is -4.40. The molecule has 0 saturated carbocycles. The van der Waals surface area contributed by atoms with Crippen molar-refractivity contribution >= 4 is 28.4 Å². The number of urea groups is 1. The Balaban J connectivity index is 1.58. The van der Waals surface area contributed by atoms with E-state index in [2.05, 4.69) is 15.7 Å². The van der Waals surface area contributed by atoms with E-state index < -0.39 is 17.8 Å². The van der Waals surface area contributed by atoms with Crippen molar-refractivity contribution in [3.63, 3.8) is 0 Å². The number of ether oxygens (including phenoxy) is 2. The third-order valence-electron chi connectivity index (χ3n) is 5.17. The summed E-state index contributed by atoms with van der Waals surface area (Å²) in [5, 5.41) is 10.6. The number of halogens is 3. The minimum absolute atomic E-state index is 0.224. The van der Waals surface area contributed by atoms with Gasteiger partial charge in [0, 0.05) is 5.39 Å². The highest BCUT2D eigenvalue weighted by Crippen LogP contribution is 2.34. The van der Waals surface area contributed by atoms with Crippen LogP contribution in [-0.4, -0.2) is 30.0 Å². The van der Waals surface area contributed by atoms with Crippen LogP contribution < -0.4 is 20.1 Å². The van der Waals surface area contributed by atoms with Crippen LogP contribution in [0.25, 0.3) is 10.9 Å². The molecule has 7 nitrogen and oxygen atoms in total. The average Bonchev–Trinajstić information content (AvgIpc) is 3.16. The summed E-state index contributed by atoms with van der Waals surface area (Å²) in [7, 11) is 2.96. The van der Waals surface area contributed by atoms with Crippen molar-refractivity contribution in [2.45, 2.75) is 12.7 Å². The summed E-state index contributed by atoms with van der Waals surface area (Å²) in [6.45, 7) is 0.224. The maximum Gasteiger partial charge on any atom is 0.416 e. The van der Waals surface area contributed by atoms with Crippen molar-refractivity contribution in [1.82, 2.24) is 9.78 Å². The Bertz CT molecular complexity index is 1300. The number of benzene rings is 3. The molecule has 0 fully saturated rings. The molecule has 0 aliphatic carbocycles. The van der Waals surface area contributed by atoms with E-state index >= 15 is 0 Å². The fraction of sp³-hybridized carbons (Fsp3) is 0.167. The first kappa shape index (κ1) is 23.0. The van der Waals surface area contributed by atoms with E-state index in [4.69, 9.17) is 9.47 Å². The highest BCUT2D eigenvalue weighted by Gasteiger charge is 2.30. The van der Waals surface area contributed by atoms with E-state index in [0.29, 0.717) is 39.5 Å². The van der Waals surface area contributed by atoms with Crippen LogP contribution in [0.5, 0.6) is 11.5 Å². The summed E-state index contributed by atoms with van der Waals surface area (Å²) in [5.74, 6) is 1.15. The van der Waals surface area contributed by atoms with Crippen LogP contribution in [0, 0.1) is 0 Å². The number of nitrogens with zero attached hydrogens (tertiary/aromatic N) is 2. The van der Waals surface area contributed by atoms with Crippen molar-refractivity contribution in [2.24, 2.45) is 0 Å². The first-order valence-electron chi connectivity index (χ1n) is 10.2. The summed E-state index contributed by atoms with van der Waals surface area (Å²) in [6.07, 6.45) is -4.40. The molecule has 0 unspecified atom stereocenters. The molecule has 0 radical (unpaired) electrons. The van der Waals surface area contributed by atoms with Gasteiger partial charge in [0.2, 0.25) is 0 Å². The number of carbonyl (C=O) groups excluding carboxylic acids is 1. The predicted molar refractivity (Wildman–Crippen MR) is 122 cm³/mol. The number of nitrogens with one attached hydrogen (secondary N) is 2. The van der Waals surface area contributed by atoms with Gasteiger partial charge in [0.15, 0.2) is 5.82 Å². The van der Waals surface area contributed by atoms with Crippen LogP contribution in [0.2, 0.25) is 0 Å². The summed E-state index contributed by atoms with van der Waals surface area (Å²) < 4.78 is 50.8. The van der Waals surface area contributed by atoms with Crippen LogP contribution >= 0.6 is 0 Å². The highest BCUT2D eigenvalue weighted by atomic mass is 19.4. The number of hydrogen-bond acceptors (Lipinski definition) is 4. The lowest BCUT2D eigenvalue weighted by molar-refractivity contribution is -0.137. The van der Waals surface area contributed by atoms with Crippen LogP contribution in [0.3, 0.4) is 0 Å². The lowest BCUT2D eigenvalue weighted by atomic mass is 10.1. The number of alkyl halides is 3. The summed E-state index contributed by atoms with van der Waals surface area (Å²) in [5.41, 5.74) is 0.995. The van der Waals surface area contributed by atoms with E-state index in [1.54, 1.807) is 35.0 Å². The third-order valence-corrected chi connectivity index (χ3v) is 5.17. The molecule has 34 heavy (non-hydrogen) atoms. The number of carbonyl (C=O) groups is 1. The van der Waals surface area contributed by atoms with Gasteiger partial charge in [0.25, 0.3) is 0 Å². The molecule has 0 saturated heterocycles. The second-order valence-corrected chi connectivity index (χ2v) is 7.33. The average molecular weight is 470 g/mol. The molecule has 2 amide bonds. The largest absolute Gasteiger partial charge is 0.494 e. The topological polar surface area (TPSA) is 77.4 Å². The van der Waals surface area contributed by atoms with E-state index in [9.17, 15) is 18.0 Å². The van der Waals surface area contributed by atoms with E-state index in [0.717, 1.165) is 12.1 Å². The molecular formula is C24H21F3N4O3. The van der Waals surface area contributed by atoms with Gasteiger partial charge >= 0.3 is 12.2 Å². The molecule has 4 rings (SSSR count). The molecule has 0 aliphatic rings. The Morgan fingerprint density at radius 3 is 2.18 bits per heavy atom. The smallest absolute Gasteiger partial charge is 0.416 e. The molecule has 4 aromatic rings. The summed E-state index contributed by atoms with van der Waals surface area (Å²) in [4.78, 5) is 12.8. The molecule has 1 heterocycles. The van der Waals surface area contributed by atoms with Crippen LogP contribution in [0.15, 0.2) is 66.7 Å². The minimum Gasteiger partial charge on any atom is -0.494 e. The maximum absolute atomic E-state index is 12.9. The molecule has 176 valence electrons. The number of methoxy groups -OCH3 is 2. The van der Waals surface area contributed by atoms with E-state index in [-0.39, 0.29) is 6.54 Å². The monoisotopic (exact) mass is 470 g/mol. The summed E-state index contributed by atoms with van der Waals surface area (Å²) >= 11 is 0. The van der Waals surface area contributed by atoms with Crippen molar-refractivity contribution in [2.75, 3.05) is 24.9 Å². The quantitative estimate of drug-likeness (QED) is 0.375. The van der Waals surface area contributed by atoms with Gasteiger partial charge in [-0.05, 0) is 42.0 Å². The Labute approximate surface area is 193 Å². The molecule has 0 bridgehead atoms. The van der Waals surface area contributed by atoms with Crippen molar-refractivity contribution in [1.29, 1.82) is 0 Å². The maximum atomic E-state index is 12.9. The Morgan fingerprint density at radius 1 is 0.912 bits per heavy atom. The van der Waals surface area contributed by atoms with E-state index in [1.165, 1.54) is 26.4 Å². The summed E-state index contributed by atoms with van der Waals surface area (Å²) in [6, 6.07) is 16.7. The molecule has 3 aromatic carbocycles. The van der Waals surface area contributed by atoms with Gasteiger partial charge in [-0.25, -0.2) is 4.79 Å². The third kappa shape index (κ3) is 4.75. The lowest BCUT2D eigenvalue weighted by Crippen LogP contribution is -2.21. The molecule has 1 aromatic heterocycles. The van der Waals surface area contributed by atoms with Crippen molar-refractivity contribution in [3.05, 3.63) is 77.9 Å². The standard InChI is InChI=1S/C24H21F3N4O3/c1-33-19-8-5-9-20(34-2)21(19)28-23(32)29-22-17-6-3-4-7-18(17)31(30-22)14-15-10-12-16(13-11-15)24(25,26)27/h3-13H,14H2,1-2H3,(H2,28,29,30,32). The number of amides is 2. The molecule has 2 N–H and O–H groups in total. The first-order valence-corrected chi connectivity index (χ1v) is 10.2. The Hall–Kier alpha value is -4.21. The van der Waals surface area contributed by atoms with Gasteiger partial charge in [-0.1, -0.05) is 30.3 Å². The molecule has 0 spiro atoms.